The van der Waals surface area contributed by atoms with Crippen LogP contribution in [0.15, 0.2) is 30.5 Å². The van der Waals surface area contributed by atoms with Crippen LogP contribution in [0.3, 0.4) is 0 Å². The number of nitrogens with one attached hydrogen (secondary N) is 1. The highest BCUT2D eigenvalue weighted by atomic mass is 35.5. The minimum atomic E-state index is 0.584. The summed E-state index contributed by atoms with van der Waals surface area (Å²) in [6.45, 7) is 4.84. The maximum atomic E-state index is 6.20. The summed E-state index contributed by atoms with van der Waals surface area (Å²) in [4.78, 5) is 4.27. The third-order valence-electron chi connectivity index (χ3n) is 3.63. The third kappa shape index (κ3) is 3.74. The molecule has 1 N–H and O–H groups in total. The molecular formula is C17H19ClN2O. The summed E-state index contributed by atoms with van der Waals surface area (Å²) in [5.74, 6) is 1.42. The van der Waals surface area contributed by atoms with Crippen molar-refractivity contribution in [3.05, 3.63) is 52.2 Å². The van der Waals surface area contributed by atoms with Crippen molar-refractivity contribution in [2.45, 2.75) is 39.3 Å². The zero-order chi connectivity index (χ0) is 14.8. The van der Waals surface area contributed by atoms with E-state index in [1.54, 1.807) is 6.20 Å². The molecule has 110 valence electrons. The fraction of sp³-hybridized carbons (Fsp3) is 0.353. The Morgan fingerprint density at radius 2 is 2.10 bits per heavy atom. The SMILES string of the molecule is Cc1ccc(C)c(Oc2cc(CNC3CC3)c(Cl)cn2)c1. The molecule has 2 aromatic rings. The molecule has 3 nitrogen and oxygen atoms in total. The predicted octanol–water partition coefficient (Wildman–Crippen LogP) is 4.40. The van der Waals surface area contributed by atoms with Crippen molar-refractivity contribution < 1.29 is 4.74 Å². The van der Waals surface area contributed by atoms with Gasteiger partial charge in [0, 0.05) is 24.8 Å². The molecule has 0 bridgehead atoms. The molecule has 0 atom stereocenters. The van der Waals surface area contributed by atoms with Gasteiger partial charge in [0.1, 0.15) is 5.75 Å². The van der Waals surface area contributed by atoms with Gasteiger partial charge in [0.25, 0.3) is 0 Å². The molecule has 4 heteroatoms. The van der Waals surface area contributed by atoms with Gasteiger partial charge in [0.15, 0.2) is 0 Å². The van der Waals surface area contributed by atoms with E-state index in [1.165, 1.54) is 18.4 Å². The van der Waals surface area contributed by atoms with Crippen LogP contribution in [0.2, 0.25) is 5.02 Å². The minimum absolute atomic E-state index is 0.584. The monoisotopic (exact) mass is 302 g/mol. The number of nitrogens with zero attached hydrogens (tertiary/aromatic N) is 1. The second-order valence-electron chi connectivity index (χ2n) is 5.64. The molecule has 0 amide bonds. The van der Waals surface area contributed by atoms with E-state index in [0.29, 0.717) is 16.9 Å². The largest absolute Gasteiger partial charge is 0.439 e. The maximum absolute atomic E-state index is 6.20. The van der Waals surface area contributed by atoms with E-state index in [2.05, 4.69) is 22.4 Å². The molecule has 0 aliphatic heterocycles. The van der Waals surface area contributed by atoms with E-state index in [-0.39, 0.29) is 0 Å². The quantitative estimate of drug-likeness (QED) is 0.889. The average Bonchev–Trinajstić information content (AvgIpc) is 3.27. The molecular weight excluding hydrogens is 284 g/mol. The Bertz CT molecular complexity index is 653. The van der Waals surface area contributed by atoms with Crippen LogP contribution in [0, 0.1) is 13.8 Å². The highest BCUT2D eigenvalue weighted by molar-refractivity contribution is 6.31. The third-order valence-corrected chi connectivity index (χ3v) is 3.97. The zero-order valence-electron chi connectivity index (χ0n) is 12.3. The zero-order valence-corrected chi connectivity index (χ0v) is 13.1. The molecule has 0 spiro atoms. The first kappa shape index (κ1) is 14.4. The van der Waals surface area contributed by atoms with Gasteiger partial charge in [-0.05, 0) is 49.4 Å². The minimum Gasteiger partial charge on any atom is -0.439 e. The Morgan fingerprint density at radius 3 is 2.86 bits per heavy atom. The van der Waals surface area contributed by atoms with Crippen molar-refractivity contribution in [2.24, 2.45) is 0 Å². The predicted molar refractivity (Wildman–Crippen MR) is 85.1 cm³/mol. The highest BCUT2D eigenvalue weighted by Crippen LogP contribution is 2.28. The summed E-state index contributed by atoms with van der Waals surface area (Å²) in [5, 5.41) is 4.13. The second-order valence-corrected chi connectivity index (χ2v) is 6.05. The van der Waals surface area contributed by atoms with Crippen LogP contribution in [0.1, 0.15) is 29.5 Å². The first-order valence-corrected chi connectivity index (χ1v) is 7.62. The lowest BCUT2D eigenvalue weighted by atomic mass is 10.1. The first-order chi connectivity index (χ1) is 10.1. The number of hydrogen-bond donors (Lipinski definition) is 1. The van der Waals surface area contributed by atoms with Crippen molar-refractivity contribution in [2.75, 3.05) is 0 Å². The topological polar surface area (TPSA) is 34.1 Å². The summed E-state index contributed by atoms with van der Waals surface area (Å²) < 4.78 is 5.91. The van der Waals surface area contributed by atoms with Gasteiger partial charge >= 0.3 is 0 Å². The lowest BCUT2D eigenvalue weighted by molar-refractivity contribution is 0.458. The fourth-order valence-electron chi connectivity index (χ4n) is 2.12. The maximum Gasteiger partial charge on any atom is 0.219 e. The van der Waals surface area contributed by atoms with Crippen LogP contribution in [0.4, 0.5) is 0 Å². The number of pyridine rings is 1. The van der Waals surface area contributed by atoms with Crippen LogP contribution in [-0.2, 0) is 6.54 Å². The molecule has 1 aliphatic rings. The van der Waals surface area contributed by atoms with E-state index >= 15 is 0 Å². The number of ether oxygens (including phenoxy) is 1. The number of rotatable bonds is 5. The molecule has 1 aliphatic carbocycles. The van der Waals surface area contributed by atoms with Gasteiger partial charge in [-0.2, -0.15) is 0 Å². The normalized spacial score (nSPS) is 14.2. The first-order valence-electron chi connectivity index (χ1n) is 7.25. The van der Waals surface area contributed by atoms with Crippen LogP contribution in [0.25, 0.3) is 0 Å². The molecule has 1 aromatic carbocycles. The molecule has 1 heterocycles. The smallest absolute Gasteiger partial charge is 0.219 e. The molecule has 0 saturated heterocycles. The Balaban J connectivity index is 1.78. The molecule has 1 aromatic heterocycles. The van der Waals surface area contributed by atoms with Crippen molar-refractivity contribution in [3.63, 3.8) is 0 Å². The second kappa shape index (κ2) is 6.04. The van der Waals surface area contributed by atoms with Gasteiger partial charge in [0.2, 0.25) is 5.88 Å². The van der Waals surface area contributed by atoms with Crippen LogP contribution in [-0.4, -0.2) is 11.0 Å². The number of aryl methyl sites for hydroxylation is 2. The van der Waals surface area contributed by atoms with Crippen molar-refractivity contribution >= 4 is 11.6 Å². The van der Waals surface area contributed by atoms with Gasteiger partial charge in [-0.3, -0.25) is 0 Å². The van der Waals surface area contributed by atoms with E-state index in [0.717, 1.165) is 23.4 Å². The molecule has 3 rings (SSSR count). The Morgan fingerprint density at radius 1 is 1.29 bits per heavy atom. The Labute approximate surface area is 130 Å². The summed E-state index contributed by atoms with van der Waals surface area (Å²) in [7, 11) is 0. The van der Waals surface area contributed by atoms with E-state index in [9.17, 15) is 0 Å². The van der Waals surface area contributed by atoms with Crippen LogP contribution in [0.5, 0.6) is 11.6 Å². The molecule has 1 saturated carbocycles. The van der Waals surface area contributed by atoms with Crippen molar-refractivity contribution in [1.82, 2.24) is 10.3 Å². The van der Waals surface area contributed by atoms with E-state index in [1.807, 2.05) is 26.0 Å². The van der Waals surface area contributed by atoms with E-state index < -0.39 is 0 Å². The Kier molecular flexibility index (Phi) is 4.13. The van der Waals surface area contributed by atoms with Gasteiger partial charge < -0.3 is 10.1 Å². The molecule has 0 radical (unpaired) electrons. The standard InChI is InChI=1S/C17H19ClN2O/c1-11-3-4-12(2)16(7-11)21-17-8-13(15(18)10-20-17)9-19-14-5-6-14/h3-4,7-8,10,14,19H,5-6,9H2,1-2H3. The highest BCUT2D eigenvalue weighted by Gasteiger charge is 2.20. The summed E-state index contributed by atoms with van der Waals surface area (Å²) >= 11 is 6.20. The lowest BCUT2D eigenvalue weighted by Crippen LogP contribution is -2.15. The number of aromatic nitrogens is 1. The fourth-order valence-corrected chi connectivity index (χ4v) is 2.29. The van der Waals surface area contributed by atoms with Crippen LogP contribution < -0.4 is 10.1 Å². The van der Waals surface area contributed by atoms with Crippen LogP contribution >= 0.6 is 11.6 Å². The van der Waals surface area contributed by atoms with Gasteiger partial charge in [-0.15, -0.1) is 0 Å². The molecule has 0 unspecified atom stereocenters. The number of halogens is 1. The summed E-state index contributed by atoms with van der Waals surface area (Å²) in [5.41, 5.74) is 3.29. The number of hydrogen-bond acceptors (Lipinski definition) is 3. The van der Waals surface area contributed by atoms with Gasteiger partial charge in [-0.1, -0.05) is 23.7 Å². The summed E-state index contributed by atoms with van der Waals surface area (Å²) in [6.07, 6.45) is 4.18. The van der Waals surface area contributed by atoms with Crippen molar-refractivity contribution in [3.8, 4) is 11.6 Å². The summed E-state index contributed by atoms with van der Waals surface area (Å²) in [6, 6.07) is 8.71. The van der Waals surface area contributed by atoms with E-state index in [4.69, 9.17) is 16.3 Å². The number of benzene rings is 1. The lowest BCUT2D eigenvalue weighted by Gasteiger charge is -2.11. The Hall–Kier alpha value is -1.58. The van der Waals surface area contributed by atoms with Crippen molar-refractivity contribution in [1.29, 1.82) is 0 Å². The van der Waals surface area contributed by atoms with Gasteiger partial charge in [0.05, 0.1) is 5.02 Å². The molecule has 1 fully saturated rings. The molecule has 21 heavy (non-hydrogen) atoms. The van der Waals surface area contributed by atoms with Gasteiger partial charge in [-0.25, -0.2) is 4.98 Å². The average molecular weight is 303 g/mol.